The zero-order valence-corrected chi connectivity index (χ0v) is 15.3. The number of aromatic nitrogens is 1. The first-order valence-corrected chi connectivity index (χ1v) is 8.91. The van der Waals surface area contributed by atoms with Crippen LogP contribution in [0.5, 0.6) is 5.75 Å². The number of ketones is 1. The van der Waals surface area contributed by atoms with Gasteiger partial charge in [-0.3, -0.25) is 14.9 Å². The normalized spacial score (nSPS) is 10.4. The summed E-state index contributed by atoms with van der Waals surface area (Å²) in [5.74, 6) is 0.214. The zero-order valence-electron chi connectivity index (χ0n) is 14.5. The monoisotopic (exact) mass is 366 g/mol. The molecule has 26 heavy (non-hydrogen) atoms. The van der Waals surface area contributed by atoms with Crippen LogP contribution < -0.4 is 10.1 Å². The Morgan fingerprint density at radius 2 is 1.77 bits per heavy atom. The van der Waals surface area contributed by atoms with E-state index in [1.54, 1.807) is 0 Å². The topological polar surface area (TPSA) is 68.3 Å². The number of thiazole rings is 1. The molecule has 0 radical (unpaired) electrons. The second kappa shape index (κ2) is 7.93. The van der Waals surface area contributed by atoms with Gasteiger partial charge in [0.15, 0.2) is 17.5 Å². The molecule has 1 heterocycles. The van der Waals surface area contributed by atoms with Crippen LogP contribution in [0.1, 0.15) is 22.2 Å². The molecule has 0 spiro atoms. The quantitative estimate of drug-likeness (QED) is 0.659. The molecule has 1 aromatic heterocycles. The third-order valence-electron chi connectivity index (χ3n) is 3.63. The minimum absolute atomic E-state index is 0.0854. The largest absolute Gasteiger partial charge is 0.484 e. The van der Waals surface area contributed by atoms with Crippen molar-refractivity contribution in [2.45, 2.75) is 13.8 Å². The summed E-state index contributed by atoms with van der Waals surface area (Å²) in [4.78, 5) is 29.0. The molecule has 0 aliphatic heterocycles. The molecule has 5 nitrogen and oxygen atoms in total. The summed E-state index contributed by atoms with van der Waals surface area (Å²) in [7, 11) is 0. The van der Waals surface area contributed by atoms with Gasteiger partial charge in [-0.15, -0.1) is 0 Å². The first-order valence-electron chi connectivity index (χ1n) is 8.09. The highest BCUT2D eigenvalue weighted by molar-refractivity contribution is 7.18. The van der Waals surface area contributed by atoms with Crippen LogP contribution >= 0.6 is 11.3 Å². The number of nitrogens with one attached hydrogen (secondary N) is 1. The fraction of sp³-hybridized carbons (Fsp3) is 0.150. The fourth-order valence-electron chi connectivity index (χ4n) is 2.34. The van der Waals surface area contributed by atoms with Crippen LogP contribution in [-0.2, 0) is 4.79 Å². The molecule has 0 fully saturated rings. The van der Waals surface area contributed by atoms with E-state index in [1.165, 1.54) is 18.3 Å². The maximum atomic E-state index is 12.1. The molecule has 1 amide bonds. The van der Waals surface area contributed by atoms with Gasteiger partial charge in [-0.25, -0.2) is 4.98 Å². The Kier molecular flexibility index (Phi) is 5.43. The highest BCUT2D eigenvalue weighted by Gasteiger charge is 2.17. The van der Waals surface area contributed by atoms with E-state index in [2.05, 4.69) is 10.3 Å². The van der Waals surface area contributed by atoms with E-state index < -0.39 is 0 Å². The van der Waals surface area contributed by atoms with Gasteiger partial charge >= 0.3 is 0 Å². The Hall–Kier alpha value is -2.99. The van der Waals surface area contributed by atoms with E-state index in [0.29, 0.717) is 21.5 Å². The Labute approximate surface area is 155 Å². The summed E-state index contributed by atoms with van der Waals surface area (Å²) in [5.41, 5.74) is 2.54. The van der Waals surface area contributed by atoms with E-state index in [1.807, 2.05) is 61.5 Å². The number of carbonyl (C=O) groups excluding carboxylic acids is 2. The van der Waals surface area contributed by atoms with E-state index in [4.69, 9.17) is 4.74 Å². The number of aryl methyl sites for hydroxylation is 1. The lowest BCUT2D eigenvalue weighted by Gasteiger charge is -2.05. The van der Waals surface area contributed by atoms with Crippen molar-refractivity contribution in [3.63, 3.8) is 0 Å². The van der Waals surface area contributed by atoms with E-state index in [9.17, 15) is 9.59 Å². The number of hydrogen-bond acceptors (Lipinski definition) is 5. The first kappa shape index (κ1) is 17.8. The molecular weight excluding hydrogens is 348 g/mol. The second-order valence-electron chi connectivity index (χ2n) is 5.77. The molecule has 0 atom stereocenters. The number of rotatable bonds is 6. The number of hydrogen-bond donors (Lipinski definition) is 1. The van der Waals surface area contributed by atoms with Crippen molar-refractivity contribution in [3.05, 3.63) is 65.0 Å². The van der Waals surface area contributed by atoms with Gasteiger partial charge in [0.1, 0.15) is 5.75 Å². The van der Waals surface area contributed by atoms with Gasteiger partial charge in [-0.05, 0) is 19.1 Å². The lowest BCUT2D eigenvalue weighted by atomic mass is 10.1. The van der Waals surface area contributed by atoms with Crippen molar-refractivity contribution in [1.82, 2.24) is 4.98 Å². The molecular formula is C20H18N2O3S. The van der Waals surface area contributed by atoms with Gasteiger partial charge in [-0.2, -0.15) is 0 Å². The second-order valence-corrected chi connectivity index (χ2v) is 6.77. The number of anilines is 1. The SMILES string of the molecule is CC(=O)c1sc(NC(=O)COc2ccc(C)cc2)nc1-c1ccccc1. The van der Waals surface area contributed by atoms with Gasteiger partial charge in [0.2, 0.25) is 0 Å². The average Bonchev–Trinajstić information content (AvgIpc) is 3.06. The fourth-order valence-corrected chi connectivity index (χ4v) is 3.24. The molecule has 0 aliphatic carbocycles. The van der Waals surface area contributed by atoms with Gasteiger partial charge in [-0.1, -0.05) is 59.4 Å². The highest BCUT2D eigenvalue weighted by atomic mass is 32.1. The Morgan fingerprint density at radius 3 is 2.42 bits per heavy atom. The Bertz CT molecular complexity index is 918. The smallest absolute Gasteiger partial charge is 0.264 e. The average molecular weight is 366 g/mol. The van der Waals surface area contributed by atoms with Gasteiger partial charge in [0.05, 0.1) is 10.6 Å². The molecule has 3 aromatic rings. The van der Waals surface area contributed by atoms with E-state index >= 15 is 0 Å². The summed E-state index contributed by atoms with van der Waals surface area (Å²) in [5, 5.41) is 3.08. The minimum atomic E-state index is -0.325. The summed E-state index contributed by atoms with van der Waals surface area (Å²) < 4.78 is 5.46. The van der Waals surface area contributed by atoms with Crippen molar-refractivity contribution in [3.8, 4) is 17.0 Å². The predicted octanol–water partition coefficient (Wildman–Crippen LogP) is 4.34. The number of ether oxygens (including phenoxy) is 1. The van der Waals surface area contributed by atoms with Gasteiger partial charge < -0.3 is 4.74 Å². The molecule has 0 aliphatic rings. The standard InChI is InChI=1S/C20H18N2O3S/c1-13-8-10-16(11-9-13)25-12-17(24)21-20-22-18(19(26-20)14(2)23)15-6-4-3-5-7-15/h3-11H,12H2,1-2H3,(H,21,22,24). The predicted molar refractivity (Wildman–Crippen MR) is 103 cm³/mol. The van der Waals surface area contributed by atoms with Crippen molar-refractivity contribution >= 4 is 28.2 Å². The van der Waals surface area contributed by atoms with Crippen LogP contribution in [-0.4, -0.2) is 23.3 Å². The van der Waals surface area contributed by atoms with Crippen LogP contribution in [0.3, 0.4) is 0 Å². The summed E-state index contributed by atoms with van der Waals surface area (Å²) in [6.07, 6.45) is 0. The summed E-state index contributed by atoms with van der Waals surface area (Å²) in [6.45, 7) is 3.35. The number of Topliss-reactive ketones (excluding diaryl/α,β-unsaturated/α-hetero) is 1. The third-order valence-corrected chi connectivity index (χ3v) is 4.70. The molecule has 2 aromatic carbocycles. The molecule has 6 heteroatoms. The molecule has 132 valence electrons. The van der Waals surface area contributed by atoms with E-state index in [-0.39, 0.29) is 18.3 Å². The zero-order chi connectivity index (χ0) is 18.5. The lowest BCUT2D eigenvalue weighted by Crippen LogP contribution is -2.20. The molecule has 0 saturated carbocycles. The third kappa shape index (κ3) is 4.34. The number of nitrogens with zero attached hydrogens (tertiary/aromatic N) is 1. The molecule has 0 saturated heterocycles. The number of amides is 1. The minimum Gasteiger partial charge on any atom is -0.484 e. The van der Waals surface area contributed by atoms with Crippen LogP contribution in [0.15, 0.2) is 54.6 Å². The molecule has 1 N–H and O–H groups in total. The van der Waals surface area contributed by atoms with Gasteiger partial charge in [0, 0.05) is 12.5 Å². The van der Waals surface area contributed by atoms with Crippen LogP contribution in [0.4, 0.5) is 5.13 Å². The van der Waals surface area contributed by atoms with Crippen molar-refractivity contribution in [2.24, 2.45) is 0 Å². The van der Waals surface area contributed by atoms with Gasteiger partial charge in [0.25, 0.3) is 5.91 Å². The first-order chi connectivity index (χ1) is 12.5. The highest BCUT2D eigenvalue weighted by Crippen LogP contribution is 2.31. The van der Waals surface area contributed by atoms with E-state index in [0.717, 1.165) is 11.1 Å². The maximum Gasteiger partial charge on any atom is 0.264 e. The Balaban J connectivity index is 1.70. The van der Waals surface area contributed by atoms with Crippen LogP contribution in [0.25, 0.3) is 11.3 Å². The van der Waals surface area contributed by atoms with Crippen LogP contribution in [0.2, 0.25) is 0 Å². The summed E-state index contributed by atoms with van der Waals surface area (Å²) >= 11 is 1.17. The molecule has 3 rings (SSSR count). The maximum absolute atomic E-state index is 12.1. The number of benzene rings is 2. The van der Waals surface area contributed by atoms with Crippen molar-refractivity contribution in [1.29, 1.82) is 0 Å². The lowest BCUT2D eigenvalue weighted by molar-refractivity contribution is -0.118. The number of carbonyl (C=O) groups is 2. The van der Waals surface area contributed by atoms with Crippen molar-refractivity contribution < 1.29 is 14.3 Å². The Morgan fingerprint density at radius 1 is 1.08 bits per heavy atom. The molecule has 0 unspecified atom stereocenters. The van der Waals surface area contributed by atoms with Crippen LogP contribution in [0, 0.1) is 6.92 Å². The van der Waals surface area contributed by atoms with Crippen molar-refractivity contribution in [2.75, 3.05) is 11.9 Å². The summed E-state index contributed by atoms with van der Waals surface area (Å²) in [6, 6.07) is 16.9. The molecule has 0 bridgehead atoms.